The minimum Gasteiger partial charge on any atom is -0.264 e. The topological polar surface area (TPSA) is 48.1 Å². The number of aromatic amines is 1. The first-order chi connectivity index (χ1) is 10.4. The molecule has 0 bridgehead atoms. The maximum atomic E-state index is 4.35. The second-order valence-electron chi connectivity index (χ2n) is 4.80. The Morgan fingerprint density at radius 1 is 1.00 bits per heavy atom. The standard InChI is InChI=1S/C15H13N5S/c1-2-6-12(7-3-1)14-17-18-15-20(14)10-19(11-21-15)13-8-4-5-9-16-13/h1-9H,10-11H2/p+1. The highest BCUT2D eigenvalue weighted by atomic mass is 32.2. The maximum Gasteiger partial charge on any atom is 0.276 e. The van der Waals surface area contributed by atoms with E-state index < -0.39 is 0 Å². The van der Waals surface area contributed by atoms with E-state index in [0.717, 1.165) is 34.9 Å². The van der Waals surface area contributed by atoms with E-state index in [-0.39, 0.29) is 0 Å². The van der Waals surface area contributed by atoms with Gasteiger partial charge in [0, 0.05) is 11.6 Å². The lowest BCUT2D eigenvalue weighted by atomic mass is 10.2. The number of nitrogens with one attached hydrogen (secondary N) is 1. The molecule has 1 N–H and O–H groups in total. The van der Waals surface area contributed by atoms with E-state index in [1.807, 2.05) is 36.5 Å². The number of fused-ring (bicyclic) bond motifs is 1. The lowest BCUT2D eigenvalue weighted by molar-refractivity contribution is -0.364. The predicted molar refractivity (Wildman–Crippen MR) is 81.7 cm³/mol. The van der Waals surface area contributed by atoms with Gasteiger partial charge in [-0.2, -0.15) is 0 Å². The van der Waals surface area contributed by atoms with Crippen LogP contribution in [-0.2, 0) is 6.67 Å². The van der Waals surface area contributed by atoms with E-state index in [2.05, 4.69) is 42.8 Å². The third kappa shape index (κ3) is 2.27. The van der Waals surface area contributed by atoms with Crippen LogP contribution in [-0.4, -0.2) is 20.6 Å². The monoisotopic (exact) mass is 296 g/mol. The predicted octanol–water partition coefficient (Wildman–Crippen LogP) is 2.29. The molecule has 0 amide bonds. The summed E-state index contributed by atoms with van der Waals surface area (Å²) in [5.41, 5.74) is 1.09. The Kier molecular flexibility index (Phi) is 3.08. The van der Waals surface area contributed by atoms with E-state index in [1.54, 1.807) is 11.8 Å². The van der Waals surface area contributed by atoms with Crippen molar-refractivity contribution in [1.82, 2.24) is 14.8 Å². The number of anilines is 1. The van der Waals surface area contributed by atoms with Gasteiger partial charge in [-0.3, -0.25) is 4.57 Å². The Hall–Kier alpha value is -2.34. The molecule has 0 spiro atoms. The number of benzene rings is 1. The summed E-state index contributed by atoms with van der Waals surface area (Å²) >= 11 is 1.70. The molecule has 0 unspecified atom stereocenters. The Labute approximate surface area is 126 Å². The number of thioether (sulfide) groups is 1. The fraction of sp³-hybridized carbons (Fsp3) is 0.133. The van der Waals surface area contributed by atoms with Crippen molar-refractivity contribution in [1.29, 1.82) is 0 Å². The highest BCUT2D eigenvalue weighted by Gasteiger charge is 2.27. The summed E-state index contributed by atoms with van der Waals surface area (Å²) in [6.45, 7) is 0.750. The molecule has 0 saturated heterocycles. The van der Waals surface area contributed by atoms with Crippen molar-refractivity contribution >= 4 is 17.6 Å². The minimum atomic E-state index is 0.750. The fourth-order valence-corrected chi connectivity index (χ4v) is 3.29. The van der Waals surface area contributed by atoms with Crippen LogP contribution < -0.4 is 9.88 Å². The van der Waals surface area contributed by atoms with Crippen molar-refractivity contribution in [3.8, 4) is 11.4 Å². The second kappa shape index (κ2) is 5.21. The molecule has 104 valence electrons. The largest absolute Gasteiger partial charge is 0.276 e. The molecule has 1 aliphatic rings. The Bertz CT molecular complexity index is 741. The molecular formula is C15H14N5S+. The van der Waals surface area contributed by atoms with Gasteiger partial charge in [-0.15, -0.1) is 10.2 Å². The quantitative estimate of drug-likeness (QED) is 0.728. The number of hydrogen-bond donors (Lipinski definition) is 0. The van der Waals surface area contributed by atoms with E-state index in [4.69, 9.17) is 0 Å². The lowest BCUT2D eigenvalue weighted by Crippen LogP contribution is -2.34. The molecule has 3 aromatic rings. The van der Waals surface area contributed by atoms with Crippen molar-refractivity contribution in [3.05, 3.63) is 54.7 Å². The van der Waals surface area contributed by atoms with Crippen molar-refractivity contribution in [3.63, 3.8) is 0 Å². The van der Waals surface area contributed by atoms with Gasteiger partial charge in [-0.05, 0) is 17.8 Å². The number of aromatic nitrogens is 4. The summed E-state index contributed by atoms with van der Waals surface area (Å²) in [4.78, 5) is 5.55. The summed E-state index contributed by atoms with van der Waals surface area (Å²) in [5.74, 6) is 2.88. The number of hydrogen-bond acceptors (Lipinski definition) is 4. The van der Waals surface area contributed by atoms with Crippen LogP contribution in [0.2, 0.25) is 0 Å². The molecule has 0 saturated carbocycles. The first-order valence-electron chi connectivity index (χ1n) is 6.75. The molecule has 0 fully saturated rings. The van der Waals surface area contributed by atoms with Crippen LogP contribution in [0.4, 0.5) is 5.82 Å². The van der Waals surface area contributed by atoms with Gasteiger partial charge in [0.1, 0.15) is 5.88 Å². The minimum absolute atomic E-state index is 0.750. The molecule has 6 heteroatoms. The van der Waals surface area contributed by atoms with Gasteiger partial charge in [0.25, 0.3) is 5.82 Å². The van der Waals surface area contributed by atoms with E-state index >= 15 is 0 Å². The maximum absolute atomic E-state index is 4.35. The van der Waals surface area contributed by atoms with Gasteiger partial charge in [0.2, 0.25) is 0 Å². The summed E-state index contributed by atoms with van der Waals surface area (Å²) in [6, 6.07) is 16.3. The van der Waals surface area contributed by atoms with E-state index in [9.17, 15) is 0 Å². The van der Waals surface area contributed by atoms with Gasteiger partial charge in [0.15, 0.2) is 17.6 Å². The van der Waals surface area contributed by atoms with Crippen LogP contribution in [0.25, 0.3) is 11.4 Å². The van der Waals surface area contributed by atoms with Crippen LogP contribution in [0.15, 0.2) is 59.9 Å². The summed E-state index contributed by atoms with van der Waals surface area (Å²) in [5, 5.41) is 9.62. The zero-order valence-electron chi connectivity index (χ0n) is 11.3. The number of rotatable bonds is 2. The number of pyridine rings is 1. The van der Waals surface area contributed by atoms with Crippen LogP contribution in [0.5, 0.6) is 0 Å². The van der Waals surface area contributed by atoms with Crippen LogP contribution in [0.1, 0.15) is 0 Å². The molecule has 0 aliphatic carbocycles. The molecular weight excluding hydrogens is 282 g/mol. The van der Waals surface area contributed by atoms with Gasteiger partial charge < -0.3 is 0 Å². The van der Waals surface area contributed by atoms with Gasteiger partial charge >= 0.3 is 0 Å². The average molecular weight is 296 g/mol. The highest BCUT2D eigenvalue weighted by molar-refractivity contribution is 7.99. The van der Waals surface area contributed by atoms with Crippen molar-refractivity contribution in [2.75, 3.05) is 10.8 Å². The number of H-pyrrole nitrogens is 1. The average Bonchev–Trinajstić information content (AvgIpc) is 2.99. The Morgan fingerprint density at radius 3 is 2.67 bits per heavy atom. The fourth-order valence-electron chi connectivity index (χ4n) is 2.40. The van der Waals surface area contributed by atoms with Crippen molar-refractivity contribution in [2.24, 2.45) is 0 Å². The first-order valence-corrected chi connectivity index (χ1v) is 7.73. The molecule has 1 aliphatic heterocycles. The van der Waals surface area contributed by atoms with E-state index in [1.165, 1.54) is 0 Å². The van der Waals surface area contributed by atoms with Gasteiger partial charge in [-0.1, -0.05) is 36.4 Å². The zero-order chi connectivity index (χ0) is 14.1. The molecule has 0 radical (unpaired) electrons. The SMILES string of the molecule is c1ccc(-c2nnc3n2CN(c2cccc[nH+]2)CS3)cc1. The molecule has 3 heterocycles. The summed E-state index contributed by atoms with van der Waals surface area (Å²) < 4.78 is 2.16. The van der Waals surface area contributed by atoms with Gasteiger partial charge in [0.05, 0.1) is 6.20 Å². The second-order valence-corrected chi connectivity index (χ2v) is 5.71. The lowest BCUT2D eigenvalue weighted by Gasteiger charge is -2.22. The van der Waals surface area contributed by atoms with Gasteiger partial charge in [-0.25, -0.2) is 9.88 Å². The molecule has 5 nitrogen and oxygen atoms in total. The molecule has 4 rings (SSSR count). The van der Waals surface area contributed by atoms with Crippen LogP contribution >= 0.6 is 11.8 Å². The normalized spacial score (nSPS) is 14.0. The molecule has 1 aromatic carbocycles. The zero-order valence-corrected chi connectivity index (χ0v) is 12.1. The third-order valence-electron chi connectivity index (χ3n) is 3.44. The Morgan fingerprint density at radius 2 is 1.86 bits per heavy atom. The smallest absolute Gasteiger partial charge is 0.264 e. The first kappa shape index (κ1) is 12.4. The molecule has 21 heavy (non-hydrogen) atoms. The molecule has 2 aromatic heterocycles. The third-order valence-corrected chi connectivity index (χ3v) is 4.44. The highest BCUT2D eigenvalue weighted by Crippen LogP contribution is 2.29. The Balaban J connectivity index is 1.70. The summed E-state index contributed by atoms with van der Waals surface area (Å²) in [7, 11) is 0. The summed E-state index contributed by atoms with van der Waals surface area (Å²) in [6.07, 6.45) is 1.94. The van der Waals surface area contributed by atoms with Crippen molar-refractivity contribution in [2.45, 2.75) is 11.8 Å². The van der Waals surface area contributed by atoms with Crippen molar-refractivity contribution < 1.29 is 4.98 Å². The molecule has 0 atom stereocenters. The van der Waals surface area contributed by atoms with Crippen LogP contribution in [0, 0.1) is 0 Å². The van der Waals surface area contributed by atoms with Crippen LogP contribution in [0.3, 0.4) is 0 Å². The van der Waals surface area contributed by atoms with E-state index in [0.29, 0.717) is 0 Å². The number of nitrogens with zero attached hydrogens (tertiary/aromatic N) is 4.